The molecule has 0 unspecified atom stereocenters. The van der Waals surface area contributed by atoms with Crippen LogP contribution in [-0.4, -0.2) is 53.6 Å². The van der Waals surface area contributed by atoms with Crippen molar-refractivity contribution in [3.63, 3.8) is 0 Å². The molecule has 1 radical (unpaired) electrons. The van der Waals surface area contributed by atoms with E-state index in [1.165, 1.54) is 0 Å². The number of amides is 2. The molecule has 0 aromatic heterocycles. The van der Waals surface area contributed by atoms with Gasteiger partial charge < -0.3 is 14.5 Å². The molecule has 0 atom stereocenters. The number of carbonyl (C=O) groups is 2. The van der Waals surface area contributed by atoms with Crippen LogP contribution in [0.5, 0.6) is 0 Å². The van der Waals surface area contributed by atoms with Crippen LogP contribution in [0.4, 0.5) is 4.79 Å². The first kappa shape index (κ1) is 12.8. The van der Waals surface area contributed by atoms with Crippen LogP contribution in [0.25, 0.3) is 0 Å². The molecule has 0 bridgehead atoms. The Morgan fingerprint density at radius 3 is 1.88 bits per heavy atom. The minimum absolute atomic E-state index is 0.191. The van der Waals surface area contributed by atoms with E-state index in [1.54, 1.807) is 9.80 Å². The van der Waals surface area contributed by atoms with Gasteiger partial charge in [-0.2, -0.15) is 0 Å². The fraction of sp³-hybridized carbons (Fsp3) is 0.727. The topological polar surface area (TPSA) is 49.9 Å². The molecule has 0 aromatic carbocycles. The van der Waals surface area contributed by atoms with E-state index in [0.29, 0.717) is 26.2 Å². The van der Waals surface area contributed by atoms with E-state index in [2.05, 4.69) is 6.92 Å². The van der Waals surface area contributed by atoms with Crippen LogP contribution in [0.15, 0.2) is 0 Å². The average molecular weight is 227 g/mol. The molecule has 1 aliphatic rings. The second-order valence-corrected chi connectivity index (χ2v) is 4.85. The van der Waals surface area contributed by atoms with Crippen molar-refractivity contribution in [3.05, 3.63) is 6.92 Å². The summed E-state index contributed by atoms with van der Waals surface area (Å²) in [6, 6.07) is 0. The minimum atomic E-state index is -0.476. The van der Waals surface area contributed by atoms with Gasteiger partial charge in [-0.15, -0.1) is 0 Å². The molecule has 0 N–H and O–H groups in total. The highest BCUT2D eigenvalue weighted by Crippen LogP contribution is 2.11. The molecular formula is C11H19N2O3. The van der Waals surface area contributed by atoms with E-state index in [-0.39, 0.29) is 12.0 Å². The second kappa shape index (κ2) is 4.72. The first-order valence-corrected chi connectivity index (χ1v) is 5.38. The van der Waals surface area contributed by atoms with Gasteiger partial charge >= 0.3 is 6.09 Å². The third kappa shape index (κ3) is 3.72. The van der Waals surface area contributed by atoms with Gasteiger partial charge in [0, 0.05) is 33.1 Å². The highest BCUT2D eigenvalue weighted by Gasteiger charge is 2.26. The monoisotopic (exact) mass is 227 g/mol. The fourth-order valence-electron chi connectivity index (χ4n) is 1.46. The summed E-state index contributed by atoms with van der Waals surface area (Å²) in [4.78, 5) is 25.9. The molecule has 0 aromatic rings. The van der Waals surface area contributed by atoms with Crippen LogP contribution in [0.2, 0.25) is 0 Å². The molecule has 1 heterocycles. The number of ether oxygens (including phenoxy) is 1. The van der Waals surface area contributed by atoms with E-state index < -0.39 is 5.60 Å². The zero-order valence-electron chi connectivity index (χ0n) is 10.2. The van der Waals surface area contributed by atoms with Crippen molar-refractivity contribution in [2.45, 2.75) is 26.4 Å². The van der Waals surface area contributed by atoms with Crippen molar-refractivity contribution < 1.29 is 14.3 Å². The van der Waals surface area contributed by atoms with Gasteiger partial charge in [-0.3, -0.25) is 4.79 Å². The van der Waals surface area contributed by atoms with Crippen LogP contribution in [-0.2, 0) is 9.53 Å². The number of nitrogens with zero attached hydrogens (tertiary/aromatic N) is 2. The normalized spacial score (nSPS) is 17.2. The van der Waals surface area contributed by atoms with E-state index >= 15 is 0 Å². The quantitative estimate of drug-likeness (QED) is 0.618. The van der Waals surface area contributed by atoms with Gasteiger partial charge in [0.05, 0.1) is 0 Å². The van der Waals surface area contributed by atoms with Gasteiger partial charge in [-0.05, 0) is 20.8 Å². The Morgan fingerprint density at radius 1 is 1.06 bits per heavy atom. The Morgan fingerprint density at radius 2 is 1.50 bits per heavy atom. The maximum absolute atomic E-state index is 11.7. The Balaban J connectivity index is 2.42. The maximum atomic E-state index is 11.7. The Hall–Kier alpha value is -1.26. The Kier molecular flexibility index (Phi) is 3.78. The van der Waals surface area contributed by atoms with Crippen LogP contribution < -0.4 is 0 Å². The highest BCUT2D eigenvalue weighted by molar-refractivity contribution is 5.80. The number of hydrogen-bond acceptors (Lipinski definition) is 3. The zero-order chi connectivity index (χ0) is 12.3. The lowest BCUT2D eigenvalue weighted by Crippen LogP contribution is -2.51. The molecular weight excluding hydrogens is 208 g/mol. The summed E-state index contributed by atoms with van der Waals surface area (Å²) in [7, 11) is 0. The van der Waals surface area contributed by atoms with E-state index in [4.69, 9.17) is 4.74 Å². The lowest BCUT2D eigenvalue weighted by atomic mass is 10.2. The van der Waals surface area contributed by atoms with Crippen LogP contribution in [0.3, 0.4) is 0 Å². The van der Waals surface area contributed by atoms with Gasteiger partial charge in [-0.1, -0.05) is 0 Å². The average Bonchev–Trinajstić information content (AvgIpc) is 2.15. The van der Waals surface area contributed by atoms with Crippen molar-refractivity contribution in [3.8, 4) is 0 Å². The smallest absolute Gasteiger partial charge is 0.410 e. The van der Waals surface area contributed by atoms with Crippen molar-refractivity contribution in [2.75, 3.05) is 26.2 Å². The van der Waals surface area contributed by atoms with Gasteiger partial charge in [0.15, 0.2) is 0 Å². The SMILES string of the molecule is [CH2]C(=O)N1CCN(C(=O)OC(C)(C)C)CC1. The maximum Gasteiger partial charge on any atom is 0.410 e. The standard InChI is InChI=1S/C11H19N2O3/c1-9(14)12-5-7-13(8-6-12)10(15)16-11(2,3)4/h1,5-8H2,2-4H3. The number of carbonyl (C=O) groups excluding carboxylic acids is 2. The van der Waals surface area contributed by atoms with Crippen molar-refractivity contribution in [1.29, 1.82) is 0 Å². The third-order valence-corrected chi connectivity index (χ3v) is 2.28. The molecule has 2 amide bonds. The molecule has 1 aliphatic heterocycles. The van der Waals surface area contributed by atoms with Crippen molar-refractivity contribution >= 4 is 12.0 Å². The van der Waals surface area contributed by atoms with Crippen LogP contribution in [0.1, 0.15) is 20.8 Å². The van der Waals surface area contributed by atoms with E-state index in [0.717, 1.165) is 0 Å². The lowest BCUT2D eigenvalue weighted by molar-refractivity contribution is -0.128. The molecule has 0 saturated carbocycles. The number of hydrogen-bond donors (Lipinski definition) is 0. The molecule has 16 heavy (non-hydrogen) atoms. The summed E-state index contributed by atoms with van der Waals surface area (Å²) in [6.07, 6.45) is -0.316. The summed E-state index contributed by atoms with van der Waals surface area (Å²) in [5.74, 6) is -0.191. The predicted molar refractivity (Wildman–Crippen MR) is 59.7 cm³/mol. The second-order valence-electron chi connectivity index (χ2n) is 4.85. The first-order valence-electron chi connectivity index (χ1n) is 5.38. The van der Waals surface area contributed by atoms with Gasteiger partial charge in [0.1, 0.15) is 5.60 Å². The van der Waals surface area contributed by atoms with E-state index in [9.17, 15) is 9.59 Å². The molecule has 0 spiro atoms. The highest BCUT2D eigenvalue weighted by atomic mass is 16.6. The third-order valence-electron chi connectivity index (χ3n) is 2.28. The number of piperazine rings is 1. The summed E-state index contributed by atoms with van der Waals surface area (Å²) in [6.45, 7) is 10.9. The van der Waals surface area contributed by atoms with Crippen molar-refractivity contribution in [1.82, 2.24) is 9.80 Å². The molecule has 1 saturated heterocycles. The lowest BCUT2D eigenvalue weighted by Gasteiger charge is -2.35. The predicted octanol–water partition coefficient (Wildman–Crippen LogP) is 0.900. The molecule has 1 fully saturated rings. The van der Waals surface area contributed by atoms with Gasteiger partial charge in [-0.25, -0.2) is 4.79 Å². The minimum Gasteiger partial charge on any atom is -0.444 e. The van der Waals surface area contributed by atoms with Crippen LogP contribution >= 0.6 is 0 Å². The molecule has 0 aliphatic carbocycles. The van der Waals surface area contributed by atoms with E-state index in [1.807, 2.05) is 20.8 Å². The molecule has 5 nitrogen and oxygen atoms in total. The Bertz CT molecular complexity index is 275. The van der Waals surface area contributed by atoms with Crippen LogP contribution in [0, 0.1) is 6.92 Å². The van der Waals surface area contributed by atoms with Gasteiger partial charge in [0.25, 0.3) is 0 Å². The summed E-state index contributed by atoms with van der Waals surface area (Å²) in [5, 5.41) is 0. The summed E-state index contributed by atoms with van der Waals surface area (Å²) in [5.41, 5.74) is -0.476. The molecule has 5 heteroatoms. The first-order chi connectivity index (χ1) is 7.29. The fourth-order valence-corrected chi connectivity index (χ4v) is 1.46. The molecule has 1 rings (SSSR count). The summed E-state index contributed by atoms with van der Waals surface area (Å²) >= 11 is 0. The largest absolute Gasteiger partial charge is 0.444 e. The zero-order valence-corrected chi connectivity index (χ0v) is 10.2. The number of rotatable bonds is 0. The van der Waals surface area contributed by atoms with Crippen molar-refractivity contribution in [2.24, 2.45) is 0 Å². The summed E-state index contributed by atoms with van der Waals surface area (Å²) < 4.78 is 5.24. The molecule has 91 valence electrons. The Labute approximate surface area is 96.3 Å². The van der Waals surface area contributed by atoms with Gasteiger partial charge in [0.2, 0.25) is 5.91 Å².